The summed E-state index contributed by atoms with van der Waals surface area (Å²) in [6, 6.07) is 17.7. The smallest absolute Gasteiger partial charge is 0.410 e. The summed E-state index contributed by atoms with van der Waals surface area (Å²) in [6.45, 7) is 13.6. The number of hydrogen-bond acceptors (Lipinski definition) is 7. The summed E-state index contributed by atoms with van der Waals surface area (Å²) in [4.78, 5) is 34.5. The highest BCUT2D eigenvalue weighted by Crippen LogP contribution is 2.37. The van der Waals surface area contributed by atoms with Crippen molar-refractivity contribution in [2.45, 2.75) is 33.3 Å². The quantitative estimate of drug-likeness (QED) is 0.275. The lowest BCUT2D eigenvalue weighted by atomic mass is 10.1. The van der Waals surface area contributed by atoms with Crippen LogP contribution in [0.3, 0.4) is 0 Å². The number of nitrogens with one attached hydrogen (secondary N) is 1. The first-order valence-electron chi connectivity index (χ1n) is 12.8. The number of nitrogens with two attached hydrogens (primary N) is 1. The SMILES string of the molecule is C=Nc1cc(N2CCN(C(=O)OC(C)(C)C)CC2)ccc1/C=C(\C)C(=O)Nc1cc(-c2ccccc2)sc1N. The van der Waals surface area contributed by atoms with E-state index >= 15 is 0 Å². The van der Waals surface area contributed by atoms with Crippen LogP contribution in [0.4, 0.5) is 26.9 Å². The van der Waals surface area contributed by atoms with Crippen molar-refractivity contribution in [3.8, 4) is 10.4 Å². The Morgan fingerprint density at radius 1 is 1.08 bits per heavy atom. The molecule has 0 bridgehead atoms. The number of anilines is 3. The van der Waals surface area contributed by atoms with Crippen LogP contribution in [0.1, 0.15) is 33.3 Å². The summed E-state index contributed by atoms with van der Waals surface area (Å²) in [5.41, 5.74) is 10.3. The van der Waals surface area contributed by atoms with Crippen molar-refractivity contribution in [1.29, 1.82) is 0 Å². The van der Waals surface area contributed by atoms with Crippen molar-refractivity contribution in [1.82, 2.24) is 4.90 Å². The molecule has 0 aliphatic carbocycles. The Labute approximate surface area is 233 Å². The topological polar surface area (TPSA) is 100 Å². The Morgan fingerprint density at radius 2 is 1.77 bits per heavy atom. The highest BCUT2D eigenvalue weighted by Gasteiger charge is 2.26. The van der Waals surface area contributed by atoms with Gasteiger partial charge in [-0.3, -0.25) is 9.79 Å². The molecule has 0 unspecified atom stereocenters. The molecule has 3 aromatic rings. The van der Waals surface area contributed by atoms with Crippen LogP contribution in [0.2, 0.25) is 0 Å². The molecule has 0 atom stereocenters. The lowest BCUT2D eigenvalue weighted by Crippen LogP contribution is -2.50. The molecule has 39 heavy (non-hydrogen) atoms. The number of amides is 2. The molecule has 1 aliphatic heterocycles. The van der Waals surface area contributed by atoms with Crippen molar-refractivity contribution in [3.63, 3.8) is 0 Å². The zero-order valence-corrected chi connectivity index (χ0v) is 23.7. The third-order valence-electron chi connectivity index (χ3n) is 6.28. The number of aliphatic imine (C=N–C) groups is 1. The third kappa shape index (κ3) is 7.06. The van der Waals surface area contributed by atoms with Gasteiger partial charge in [0.25, 0.3) is 5.91 Å². The van der Waals surface area contributed by atoms with E-state index in [1.54, 1.807) is 17.9 Å². The number of ether oxygens (including phenoxy) is 1. The standard InChI is InChI=1S/C30H35N5O3S/c1-20(28(36)33-25-19-26(39-27(25)31)21-9-7-6-8-10-21)17-22-11-12-23(18-24(22)32-5)34-13-15-35(16-14-34)29(37)38-30(2,3)4/h6-12,17-19H,5,13-16,31H2,1-4H3,(H,33,36)/b20-17+. The molecule has 0 spiro atoms. The minimum atomic E-state index is -0.515. The van der Waals surface area contributed by atoms with Gasteiger partial charge < -0.3 is 25.6 Å². The minimum Gasteiger partial charge on any atom is -0.444 e. The van der Waals surface area contributed by atoms with E-state index in [9.17, 15) is 9.59 Å². The molecule has 2 aromatic carbocycles. The first-order valence-corrected chi connectivity index (χ1v) is 13.6. The van der Waals surface area contributed by atoms with Crippen LogP contribution in [0, 0.1) is 0 Å². The lowest BCUT2D eigenvalue weighted by Gasteiger charge is -2.36. The van der Waals surface area contributed by atoms with Gasteiger partial charge in [-0.1, -0.05) is 36.4 Å². The molecular weight excluding hydrogens is 510 g/mol. The maximum absolute atomic E-state index is 13.0. The molecule has 1 aliphatic rings. The first-order chi connectivity index (χ1) is 18.5. The second kappa shape index (κ2) is 11.7. The van der Waals surface area contributed by atoms with Crippen LogP contribution in [0.25, 0.3) is 16.5 Å². The summed E-state index contributed by atoms with van der Waals surface area (Å²) in [5.74, 6) is -0.239. The maximum Gasteiger partial charge on any atom is 0.410 e. The van der Waals surface area contributed by atoms with Gasteiger partial charge in [0, 0.05) is 47.9 Å². The predicted octanol–water partition coefficient (Wildman–Crippen LogP) is 6.43. The van der Waals surface area contributed by atoms with E-state index in [0.717, 1.165) is 21.7 Å². The van der Waals surface area contributed by atoms with Crippen LogP contribution in [-0.2, 0) is 9.53 Å². The van der Waals surface area contributed by atoms with Gasteiger partial charge in [0.05, 0.1) is 11.4 Å². The summed E-state index contributed by atoms with van der Waals surface area (Å²) < 4.78 is 5.49. The van der Waals surface area contributed by atoms with E-state index < -0.39 is 5.60 Å². The molecule has 1 aromatic heterocycles. The Morgan fingerprint density at radius 3 is 2.41 bits per heavy atom. The number of piperazine rings is 1. The van der Waals surface area contributed by atoms with E-state index in [0.29, 0.717) is 48.1 Å². The van der Waals surface area contributed by atoms with E-state index in [-0.39, 0.29) is 12.0 Å². The average Bonchev–Trinajstić information content (AvgIpc) is 3.28. The van der Waals surface area contributed by atoms with Crippen molar-refractivity contribution in [3.05, 3.63) is 65.7 Å². The predicted molar refractivity (Wildman–Crippen MR) is 162 cm³/mol. The Balaban J connectivity index is 1.42. The molecule has 4 rings (SSSR count). The first kappa shape index (κ1) is 27.9. The Kier molecular flexibility index (Phi) is 8.40. The fourth-order valence-electron chi connectivity index (χ4n) is 4.23. The van der Waals surface area contributed by atoms with Gasteiger partial charge in [0.2, 0.25) is 0 Å². The van der Waals surface area contributed by atoms with Gasteiger partial charge in [-0.2, -0.15) is 0 Å². The third-order valence-corrected chi connectivity index (χ3v) is 7.29. The monoisotopic (exact) mass is 545 g/mol. The van der Waals surface area contributed by atoms with Gasteiger partial charge in [-0.25, -0.2) is 4.79 Å². The number of rotatable bonds is 6. The fourth-order valence-corrected chi connectivity index (χ4v) is 5.12. The summed E-state index contributed by atoms with van der Waals surface area (Å²) in [7, 11) is 0. The van der Waals surface area contributed by atoms with Crippen LogP contribution in [0.5, 0.6) is 0 Å². The number of nitrogen functional groups attached to an aromatic ring is 1. The highest BCUT2D eigenvalue weighted by atomic mass is 32.1. The van der Waals surface area contributed by atoms with Crippen molar-refractivity contribution < 1.29 is 14.3 Å². The number of carbonyl (C=O) groups excluding carboxylic acids is 2. The number of carbonyl (C=O) groups is 2. The molecule has 8 nitrogen and oxygen atoms in total. The van der Waals surface area contributed by atoms with Crippen molar-refractivity contribution in [2.24, 2.45) is 4.99 Å². The van der Waals surface area contributed by atoms with E-state index in [2.05, 4.69) is 21.9 Å². The van der Waals surface area contributed by atoms with Gasteiger partial charge in [0.1, 0.15) is 10.6 Å². The zero-order valence-electron chi connectivity index (χ0n) is 22.9. The second-order valence-electron chi connectivity index (χ2n) is 10.4. The number of benzene rings is 2. The summed E-state index contributed by atoms with van der Waals surface area (Å²) in [6.07, 6.45) is 1.51. The molecule has 204 valence electrons. The van der Waals surface area contributed by atoms with Gasteiger partial charge in [0.15, 0.2) is 0 Å². The van der Waals surface area contributed by atoms with Crippen LogP contribution < -0.4 is 16.0 Å². The molecule has 0 radical (unpaired) electrons. The second-order valence-corrected chi connectivity index (χ2v) is 11.5. The van der Waals surface area contributed by atoms with Crippen LogP contribution in [-0.4, -0.2) is 55.4 Å². The summed E-state index contributed by atoms with van der Waals surface area (Å²) in [5, 5.41) is 3.48. The molecule has 2 heterocycles. The molecule has 1 fully saturated rings. The highest BCUT2D eigenvalue weighted by molar-refractivity contribution is 7.20. The van der Waals surface area contributed by atoms with Crippen molar-refractivity contribution >= 4 is 58.2 Å². The maximum atomic E-state index is 13.0. The molecule has 9 heteroatoms. The average molecular weight is 546 g/mol. The van der Waals surface area contributed by atoms with Gasteiger partial charge >= 0.3 is 6.09 Å². The van der Waals surface area contributed by atoms with Gasteiger partial charge in [-0.15, -0.1) is 11.3 Å². The largest absolute Gasteiger partial charge is 0.444 e. The fraction of sp³-hybridized carbons (Fsp3) is 0.300. The Hall–Kier alpha value is -4.11. The number of hydrogen-bond donors (Lipinski definition) is 2. The Bertz CT molecular complexity index is 1380. The molecular formula is C30H35N5O3S. The van der Waals surface area contributed by atoms with E-state index in [1.807, 2.05) is 75.4 Å². The van der Waals surface area contributed by atoms with E-state index in [1.165, 1.54) is 11.3 Å². The number of nitrogens with zero attached hydrogens (tertiary/aromatic N) is 3. The van der Waals surface area contributed by atoms with E-state index in [4.69, 9.17) is 10.5 Å². The zero-order chi connectivity index (χ0) is 28.2. The normalized spacial score (nSPS) is 14.2. The molecule has 0 saturated carbocycles. The molecule has 3 N–H and O–H groups in total. The van der Waals surface area contributed by atoms with Crippen LogP contribution in [0.15, 0.2) is 65.2 Å². The lowest BCUT2D eigenvalue weighted by molar-refractivity contribution is -0.112. The molecule has 1 saturated heterocycles. The summed E-state index contributed by atoms with van der Waals surface area (Å²) >= 11 is 1.44. The van der Waals surface area contributed by atoms with Crippen LogP contribution >= 0.6 is 11.3 Å². The van der Waals surface area contributed by atoms with Crippen molar-refractivity contribution in [2.75, 3.05) is 42.1 Å². The number of thiophene rings is 1. The van der Waals surface area contributed by atoms with Gasteiger partial charge in [-0.05, 0) is 64.3 Å². The minimum absolute atomic E-state index is 0.239. The molecule has 2 amide bonds.